The van der Waals surface area contributed by atoms with Crippen LogP contribution in [-0.4, -0.2) is 67.6 Å². The number of carbonyl (C=O) groups excluding carboxylic acids is 3. The number of fused-ring (bicyclic) bond motifs is 1. The highest BCUT2D eigenvalue weighted by Gasteiger charge is 2.37. The Morgan fingerprint density at radius 1 is 1.11 bits per heavy atom. The summed E-state index contributed by atoms with van der Waals surface area (Å²) in [5.41, 5.74) is 6.63. The van der Waals surface area contributed by atoms with Crippen LogP contribution in [0.2, 0.25) is 0 Å². The molecule has 36 heavy (non-hydrogen) atoms. The molecule has 4 N–H and O–H groups in total. The number of hydrogen-bond acceptors (Lipinski definition) is 5. The van der Waals surface area contributed by atoms with Gasteiger partial charge in [0.2, 0.25) is 17.7 Å². The molecule has 3 amide bonds. The van der Waals surface area contributed by atoms with Crippen LogP contribution in [0.4, 0.5) is 0 Å². The molecule has 1 fully saturated rings. The molecule has 1 aliphatic heterocycles. The van der Waals surface area contributed by atoms with Gasteiger partial charge in [0.1, 0.15) is 12.1 Å². The Hall–Kier alpha value is -2.97. The van der Waals surface area contributed by atoms with Gasteiger partial charge in [0.25, 0.3) is 0 Å². The van der Waals surface area contributed by atoms with E-state index in [2.05, 4.69) is 10.6 Å². The van der Waals surface area contributed by atoms with E-state index in [4.69, 9.17) is 10.5 Å². The number of nitrogens with one attached hydrogen (secondary N) is 2. The van der Waals surface area contributed by atoms with E-state index in [9.17, 15) is 14.4 Å². The van der Waals surface area contributed by atoms with E-state index in [0.717, 1.165) is 35.6 Å². The molecule has 0 spiro atoms. The third-order valence-corrected chi connectivity index (χ3v) is 7.16. The highest BCUT2D eigenvalue weighted by Crippen LogP contribution is 2.23. The number of rotatable bonds is 12. The van der Waals surface area contributed by atoms with Gasteiger partial charge in [-0.05, 0) is 42.0 Å². The molecular formula is C28H40N4O4. The van der Waals surface area contributed by atoms with E-state index in [1.54, 1.807) is 12.0 Å². The summed E-state index contributed by atoms with van der Waals surface area (Å²) in [5.74, 6) is -0.644. The summed E-state index contributed by atoms with van der Waals surface area (Å²) in [6, 6.07) is 12.7. The number of nitrogens with zero attached hydrogens (tertiary/aromatic N) is 1. The quantitative estimate of drug-likeness (QED) is 0.418. The first-order valence-corrected chi connectivity index (χ1v) is 13.0. The summed E-state index contributed by atoms with van der Waals surface area (Å²) < 4.78 is 5.27. The van der Waals surface area contributed by atoms with Crippen molar-refractivity contribution in [1.82, 2.24) is 15.5 Å². The number of amides is 3. The standard InChI is InChI=1S/C28H40N4O4/c1-4-20(5-2)28(35)32-14-8-11-25(32)27(34)31-24(26(33)30-18-23(17-29)36-3)16-19-12-13-21-9-6-7-10-22(21)15-19/h6-7,9-10,12-13,15,20,23-25H,4-5,8,11,14,16-18,29H2,1-3H3,(H,30,33)(H,31,34)/t23?,24-,25?/m1/s1. The van der Waals surface area contributed by atoms with Gasteiger partial charge in [0, 0.05) is 39.1 Å². The Morgan fingerprint density at radius 2 is 1.83 bits per heavy atom. The van der Waals surface area contributed by atoms with Crippen LogP contribution < -0.4 is 16.4 Å². The zero-order valence-electron chi connectivity index (χ0n) is 21.7. The van der Waals surface area contributed by atoms with Crippen LogP contribution in [0.1, 0.15) is 45.1 Å². The van der Waals surface area contributed by atoms with E-state index < -0.39 is 12.1 Å². The summed E-state index contributed by atoms with van der Waals surface area (Å²) in [6.07, 6.45) is 2.88. The zero-order chi connectivity index (χ0) is 26.1. The van der Waals surface area contributed by atoms with Crippen molar-refractivity contribution >= 4 is 28.5 Å². The molecule has 2 aromatic rings. The summed E-state index contributed by atoms with van der Waals surface area (Å²) in [5, 5.41) is 8.01. The maximum atomic E-state index is 13.4. The van der Waals surface area contributed by atoms with Gasteiger partial charge in [-0.25, -0.2) is 0 Å². The highest BCUT2D eigenvalue weighted by molar-refractivity contribution is 5.93. The average molecular weight is 497 g/mol. The summed E-state index contributed by atoms with van der Waals surface area (Å²) in [6.45, 7) is 5.08. The molecule has 2 unspecified atom stereocenters. The largest absolute Gasteiger partial charge is 0.378 e. The van der Waals surface area contributed by atoms with Crippen molar-refractivity contribution in [3.63, 3.8) is 0 Å². The van der Waals surface area contributed by atoms with Crippen molar-refractivity contribution in [3.05, 3.63) is 48.0 Å². The Morgan fingerprint density at radius 3 is 2.50 bits per heavy atom. The molecule has 1 aliphatic rings. The molecule has 1 saturated heterocycles. The van der Waals surface area contributed by atoms with Crippen molar-refractivity contribution < 1.29 is 19.1 Å². The number of ether oxygens (including phenoxy) is 1. The number of hydrogen-bond donors (Lipinski definition) is 3. The third kappa shape index (κ3) is 6.83. The number of likely N-dealkylation sites (tertiary alicyclic amines) is 1. The lowest BCUT2D eigenvalue weighted by Crippen LogP contribution is -2.55. The molecular weight excluding hydrogens is 456 g/mol. The fourth-order valence-electron chi connectivity index (χ4n) is 4.85. The smallest absolute Gasteiger partial charge is 0.243 e. The van der Waals surface area contributed by atoms with Crippen molar-refractivity contribution in [1.29, 1.82) is 0 Å². The first-order valence-electron chi connectivity index (χ1n) is 13.0. The lowest BCUT2D eigenvalue weighted by atomic mass is 10.00. The van der Waals surface area contributed by atoms with Gasteiger partial charge in [-0.2, -0.15) is 0 Å². The third-order valence-electron chi connectivity index (χ3n) is 7.16. The Labute approximate surface area is 213 Å². The second kappa shape index (κ2) is 13.4. The van der Waals surface area contributed by atoms with Gasteiger partial charge >= 0.3 is 0 Å². The SMILES string of the molecule is CCC(CC)C(=O)N1CCCC1C(=O)N[C@H](Cc1ccc2ccccc2c1)C(=O)NCC(CN)OC. The van der Waals surface area contributed by atoms with Gasteiger partial charge in [0.15, 0.2) is 0 Å². The maximum absolute atomic E-state index is 13.4. The lowest BCUT2D eigenvalue weighted by Gasteiger charge is -2.29. The average Bonchev–Trinajstić information content (AvgIpc) is 3.39. The predicted octanol–water partition coefficient (Wildman–Crippen LogP) is 2.38. The van der Waals surface area contributed by atoms with Crippen LogP contribution in [-0.2, 0) is 25.5 Å². The Balaban J connectivity index is 1.78. The van der Waals surface area contributed by atoms with E-state index in [-0.39, 0.29) is 42.8 Å². The molecule has 8 heteroatoms. The van der Waals surface area contributed by atoms with Gasteiger partial charge in [-0.3, -0.25) is 14.4 Å². The van der Waals surface area contributed by atoms with Crippen LogP contribution in [0, 0.1) is 5.92 Å². The molecule has 1 heterocycles. The Bertz CT molecular complexity index is 1040. The fourth-order valence-corrected chi connectivity index (χ4v) is 4.85. The molecule has 0 aliphatic carbocycles. The van der Waals surface area contributed by atoms with Crippen molar-refractivity contribution in [3.8, 4) is 0 Å². The van der Waals surface area contributed by atoms with Crippen LogP contribution in [0.5, 0.6) is 0 Å². The van der Waals surface area contributed by atoms with Crippen molar-refractivity contribution in [2.24, 2.45) is 11.7 Å². The van der Waals surface area contributed by atoms with E-state index in [1.165, 1.54) is 0 Å². The number of nitrogens with two attached hydrogens (primary N) is 1. The highest BCUT2D eigenvalue weighted by atomic mass is 16.5. The summed E-state index contributed by atoms with van der Waals surface area (Å²) in [7, 11) is 1.55. The fraction of sp³-hybridized carbons (Fsp3) is 0.536. The second-order valence-electron chi connectivity index (χ2n) is 9.49. The maximum Gasteiger partial charge on any atom is 0.243 e. The minimum absolute atomic E-state index is 0.0269. The predicted molar refractivity (Wildman–Crippen MR) is 141 cm³/mol. The van der Waals surface area contributed by atoms with Crippen LogP contribution in [0.3, 0.4) is 0 Å². The van der Waals surface area contributed by atoms with Gasteiger partial charge < -0.3 is 26.0 Å². The lowest BCUT2D eigenvalue weighted by molar-refractivity contribution is -0.142. The van der Waals surface area contributed by atoms with Crippen molar-refractivity contribution in [2.45, 2.75) is 64.1 Å². The molecule has 8 nitrogen and oxygen atoms in total. The molecule has 0 aromatic heterocycles. The molecule has 3 rings (SSSR count). The first kappa shape index (κ1) is 27.6. The van der Waals surface area contributed by atoms with Crippen molar-refractivity contribution in [2.75, 3.05) is 26.7 Å². The van der Waals surface area contributed by atoms with E-state index in [0.29, 0.717) is 19.4 Å². The molecule has 0 saturated carbocycles. The minimum Gasteiger partial charge on any atom is -0.378 e. The molecule has 0 bridgehead atoms. The van der Waals surface area contributed by atoms with Crippen LogP contribution >= 0.6 is 0 Å². The second-order valence-corrected chi connectivity index (χ2v) is 9.49. The molecule has 2 aromatic carbocycles. The number of methoxy groups -OCH3 is 1. The van der Waals surface area contributed by atoms with Gasteiger partial charge in [0.05, 0.1) is 6.10 Å². The normalized spacial score (nSPS) is 17.2. The molecule has 3 atom stereocenters. The van der Waals surface area contributed by atoms with E-state index >= 15 is 0 Å². The molecule has 196 valence electrons. The zero-order valence-corrected chi connectivity index (χ0v) is 21.7. The Kier molecular flexibility index (Phi) is 10.3. The van der Waals surface area contributed by atoms with Crippen LogP contribution in [0.25, 0.3) is 10.8 Å². The minimum atomic E-state index is -0.792. The number of benzene rings is 2. The first-order chi connectivity index (χ1) is 17.4. The number of carbonyl (C=O) groups is 3. The topological polar surface area (TPSA) is 114 Å². The monoisotopic (exact) mass is 496 g/mol. The van der Waals surface area contributed by atoms with Gasteiger partial charge in [-0.1, -0.05) is 56.3 Å². The molecule has 0 radical (unpaired) electrons. The van der Waals surface area contributed by atoms with Crippen LogP contribution in [0.15, 0.2) is 42.5 Å². The van der Waals surface area contributed by atoms with Gasteiger partial charge in [-0.15, -0.1) is 0 Å². The van der Waals surface area contributed by atoms with E-state index in [1.807, 2.05) is 56.3 Å². The summed E-state index contributed by atoms with van der Waals surface area (Å²) in [4.78, 5) is 41.4. The summed E-state index contributed by atoms with van der Waals surface area (Å²) >= 11 is 0.